The van der Waals surface area contributed by atoms with Crippen LogP contribution >= 0.6 is 12.2 Å². The quantitative estimate of drug-likeness (QED) is 0.540. The van der Waals surface area contributed by atoms with E-state index < -0.39 is 0 Å². The molecule has 2 heterocycles. The molecule has 3 aromatic rings. The van der Waals surface area contributed by atoms with E-state index in [0.717, 1.165) is 11.3 Å². The predicted molar refractivity (Wildman–Crippen MR) is 112 cm³/mol. The number of rotatable bonds is 7. The summed E-state index contributed by atoms with van der Waals surface area (Å²) >= 11 is 5.49. The van der Waals surface area contributed by atoms with Gasteiger partial charge in [-0.3, -0.25) is 4.57 Å². The lowest BCUT2D eigenvalue weighted by Crippen LogP contribution is -2.12. The lowest BCUT2D eigenvalue weighted by Gasteiger charge is -2.13. The van der Waals surface area contributed by atoms with E-state index in [2.05, 4.69) is 15.0 Å². The van der Waals surface area contributed by atoms with Crippen molar-refractivity contribution in [3.8, 4) is 29.3 Å². The molecule has 152 valence electrons. The Balaban J connectivity index is 2.10. The number of methoxy groups -OCH3 is 2. The van der Waals surface area contributed by atoms with Crippen LogP contribution in [0.3, 0.4) is 0 Å². The molecule has 2 aromatic heterocycles. The van der Waals surface area contributed by atoms with Crippen LogP contribution in [0.5, 0.6) is 23.7 Å². The molecule has 0 N–H and O–H groups in total. The SMILES string of the molecule is CCOC(=S)c1c(Oc2nc(OC)cc(OC)n2)nc(C)n1-c1ccc(C)cc1. The molecule has 29 heavy (non-hydrogen) atoms. The first-order valence-electron chi connectivity index (χ1n) is 8.95. The third-order valence-corrected chi connectivity index (χ3v) is 4.35. The Kier molecular flexibility index (Phi) is 6.28. The second-order valence-corrected chi connectivity index (χ2v) is 6.41. The van der Waals surface area contributed by atoms with Crippen LogP contribution in [0, 0.1) is 13.8 Å². The first kappa shape index (κ1) is 20.5. The summed E-state index contributed by atoms with van der Waals surface area (Å²) in [5, 5.41) is 0.263. The number of imidazole rings is 1. The number of ether oxygens (including phenoxy) is 4. The maximum Gasteiger partial charge on any atom is 0.330 e. The van der Waals surface area contributed by atoms with Crippen molar-refractivity contribution in [2.24, 2.45) is 0 Å². The Morgan fingerprint density at radius 1 is 1.00 bits per heavy atom. The summed E-state index contributed by atoms with van der Waals surface area (Å²) in [6, 6.07) is 9.57. The van der Waals surface area contributed by atoms with Crippen molar-refractivity contribution in [3.05, 3.63) is 47.4 Å². The minimum atomic E-state index is 0.0234. The molecule has 0 amide bonds. The second kappa shape index (κ2) is 8.87. The maximum absolute atomic E-state index is 5.89. The number of benzene rings is 1. The molecule has 1 aromatic carbocycles. The molecule has 0 aliphatic carbocycles. The first-order valence-corrected chi connectivity index (χ1v) is 9.36. The average molecular weight is 414 g/mol. The Morgan fingerprint density at radius 2 is 1.62 bits per heavy atom. The molecule has 0 aliphatic rings. The average Bonchev–Trinajstić information content (AvgIpc) is 3.04. The van der Waals surface area contributed by atoms with Crippen molar-refractivity contribution < 1.29 is 18.9 Å². The smallest absolute Gasteiger partial charge is 0.330 e. The standard InChI is InChI=1S/C20H22N4O4S/c1-6-27-19(29)17-18(28-20-22-15(25-4)11-16(23-20)26-5)21-13(3)24(17)14-9-7-12(2)8-10-14/h7-11H,6H2,1-5H3. The third-order valence-electron chi connectivity index (χ3n) is 4.04. The first-order chi connectivity index (χ1) is 14.0. The van der Waals surface area contributed by atoms with Gasteiger partial charge >= 0.3 is 6.01 Å². The van der Waals surface area contributed by atoms with Gasteiger partial charge in [-0.25, -0.2) is 0 Å². The Labute approximate surface area is 174 Å². The Hall–Kier alpha value is -3.20. The number of aryl methyl sites for hydroxylation is 2. The summed E-state index contributed by atoms with van der Waals surface area (Å²) in [5.41, 5.74) is 2.54. The van der Waals surface area contributed by atoms with Gasteiger partial charge in [0.1, 0.15) is 5.82 Å². The van der Waals surface area contributed by atoms with Gasteiger partial charge in [-0.05, 0) is 45.1 Å². The lowest BCUT2D eigenvalue weighted by atomic mass is 10.2. The number of hydrogen-bond acceptors (Lipinski definition) is 8. The van der Waals surface area contributed by atoms with E-state index in [0.29, 0.717) is 29.9 Å². The van der Waals surface area contributed by atoms with E-state index in [1.165, 1.54) is 14.2 Å². The zero-order valence-corrected chi connectivity index (χ0v) is 17.7. The van der Waals surface area contributed by atoms with Gasteiger partial charge in [0, 0.05) is 5.69 Å². The van der Waals surface area contributed by atoms with Crippen LogP contribution in [0.25, 0.3) is 5.69 Å². The molecule has 0 radical (unpaired) electrons. The highest BCUT2D eigenvalue weighted by molar-refractivity contribution is 7.80. The molecule has 0 unspecified atom stereocenters. The molecule has 8 nitrogen and oxygen atoms in total. The topological polar surface area (TPSA) is 80.5 Å². The van der Waals surface area contributed by atoms with E-state index >= 15 is 0 Å². The molecule has 0 saturated carbocycles. The normalized spacial score (nSPS) is 10.5. The molecule has 0 spiro atoms. The highest BCUT2D eigenvalue weighted by Gasteiger charge is 2.24. The van der Waals surface area contributed by atoms with Crippen molar-refractivity contribution in [1.29, 1.82) is 0 Å². The lowest BCUT2D eigenvalue weighted by molar-refractivity contribution is 0.330. The largest absolute Gasteiger partial charge is 0.482 e. The minimum Gasteiger partial charge on any atom is -0.482 e. The zero-order valence-electron chi connectivity index (χ0n) is 16.9. The molecule has 0 atom stereocenters. The molecular weight excluding hydrogens is 392 g/mol. The summed E-state index contributed by atoms with van der Waals surface area (Å²) in [7, 11) is 2.99. The summed E-state index contributed by atoms with van der Waals surface area (Å²) < 4.78 is 23.7. The van der Waals surface area contributed by atoms with Crippen LogP contribution in [-0.2, 0) is 4.74 Å². The monoisotopic (exact) mass is 414 g/mol. The van der Waals surface area contributed by atoms with Gasteiger partial charge in [0.2, 0.25) is 16.8 Å². The summed E-state index contributed by atoms with van der Waals surface area (Å²) in [6.07, 6.45) is 0. The number of aromatic nitrogens is 4. The van der Waals surface area contributed by atoms with Crippen LogP contribution in [0.15, 0.2) is 30.3 Å². The van der Waals surface area contributed by atoms with Crippen molar-refractivity contribution >= 4 is 17.3 Å². The van der Waals surface area contributed by atoms with Gasteiger partial charge in [-0.1, -0.05) is 17.7 Å². The van der Waals surface area contributed by atoms with E-state index in [1.54, 1.807) is 6.07 Å². The van der Waals surface area contributed by atoms with Gasteiger partial charge in [0.15, 0.2) is 5.69 Å². The van der Waals surface area contributed by atoms with Gasteiger partial charge < -0.3 is 18.9 Å². The van der Waals surface area contributed by atoms with Crippen LogP contribution in [-0.4, -0.2) is 45.4 Å². The van der Waals surface area contributed by atoms with Crippen LogP contribution in [0.1, 0.15) is 24.0 Å². The Morgan fingerprint density at radius 3 is 2.17 bits per heavy atom. The van der Waals surface area contributed by atoms with E-state index in [1.807, 2.05) is 49.6 Å². The molecule has 0 fully saturated rings. The third kappa shape index (κ3) is 4.45. The van der Waals surface area contributed by atoms with E-state index in [4.69, 9.17) is 31.2 Å². The van der Waals surface area contributed by atoms with E-state index in [-0.39, 0.29) is 16.9 Å². The maximum atomic E-state index is 5.89. The van der Waals surface area contributed by atoms with Gasteiger partial charge in [0.25, 0.3) is 5.88 Å². The molecule has 0 saturated heterocycles. The molecule has 9 heteroatoms. The summed E-state index contributed by atoms with van der Waals surface area (Å²) in [5.74, 6) is 1.51. The number of hydrogen-bond donors (Lipinski definition) is 0. The Bertz CT molecular complexity index is 996. The summed E-state index contributed by atoms with van der Waals surface area (Å²) in [6.45, 7) is 6.17. The fourth-order valence-corrected chi connectivity index (χ4v) is 2.99. The molecule has 0 bridgehead atoms. The molecular formula is C20H22N4O4S. The number of nitrogens with zero attached hydrogens (tertiary/aromatic N) is 4. The van der Waals surface area contributed by atoms with Gasteiger partial charge in [-0.2, -0.15) is 15.0 Å². The van der Waals surface area contributed by atoms with E-state index in [9.17, 15) is 0 Å². The predicted octanol–water partition coefficient (Wildman–Crippen LogP) is 3.80. The van der Waals surface area contributed by atoms with Crippen LogP contribution < -0.4 is 14.2 Å². The fraction of sp³-hybridized carbons (Fsp3) is 0.300. The summed E-state index contributed by atoms with van der Waals surface area (Å²) in [4.78, 5) is 12.9. The van der Waals surface area contributed by atoms with Crippen LogP contribution in [0.4, 0.5) is 0 Å². The highest BCUT2D eigenvalue weighted by atomic mass is 32.1. The number of thiocarbonyl (C=S) groups is 1. The van der Waals surface area contributed by atoms with Gasteiger partial charge in [0.05, 0.1) is 26.9 Å². The fourth-order valence-electron chi connectivity index (χ4n) is 2.69. The van der Waals surface area contributed by atoms with Crippen molar-refractivity contribution in [2.45, 2.75) is 20.8 Å². The molecule has 3 rings (SSSR count). The highest BCUT2D eigenvalue weighted by Crippen LogP contribution is 2.30. The minimum absolute atomic E-state index is 0.0234. The van der Waals surface area contributed by atoms with Crippen LogP contribution in [0.2, 0.25) is 0 Å². The zero-order chi connectivity index (χ0) is 21.0. The molecule has 0 aliphatic heterocycles. The van der Waals surface area contributed by atoms with Crippen molar-refractivity contribution in [3.63, 3.8) is 0 Å². The second-order valence-electron chi connectivity index (χ2n) is 6.04. The van der Waals surface area contributed by atoms with Crippen molar-refractivity contribution in [2.75, 3.05) is 20.8 Å². The van der Waals surface area contributed by atoms with Gasteiger partial charge in [-0.15, -0.1) is 0 Å². The van der Waals surface area contributed by atoms with Crippen molar-refractivity contribution in [1.82, 2.24) is 19.5 Å².